The molecule has 0 amide bonds. The fourth-order valence-electron chi connectivity index (χ4n) is 2.39. The Morgan fingerprint density at radius 2 is 2.14 bits per heavy atom. The summed E-state index contributed by atoms with van der Waals surface area (Å²) in [6.07, 6.45) is 2.55. The normalized spacial score (nSPS) is 19.8. The number of aryl methyl sites for hydroxylation is 1. The zero-order chi connectivity index (χ0) is 15.5. The molecule has 0 saturated heterocycles. The first-order chi connectivity index (χ1) is 9.89. The summed E-state index contributed by atoms with van der Waals surface area (Å²) < 4.78 is 28.7. The monoisotopic (exact) mass is 313 g/mol. The lowest BCUT2D eigenvalue weighted by Gasteiger charge is -2.26. The third-order valence-corrected chi connectivity index (χ3v) is 4.62. The second-order valence-corrected chi connectivity index (χ2v) is 6.59. The van der Waals surface area contributed by atoms with Crippen LogP contribution < -0.4 is 15.2 Å². The third-order valence-electron chi connectivity index (χ3n) is 3.48. The highest BCUT2D eigenvalue weighted by Crippen LogP contribution is 2.29. The number of nitrogens with one attached hydrogen (secondary N) is 2. The fraction of sp³-hybridized carbons (Fsp3) is 0.462. The van der Waals surface area contributed by atoms with Crippen LogP contribution in [-0.4, -0.2) is 32.1 Å². The van der Waals surface area contributed by atoms with Gasteiger partial charge in [-0.25, -0.2) is 4.72 Å². The van der Waals surface area contributed by atoms with Gasteiger partial charge >= 0.3 is 5.97 Å². The number of aliphatic carboxylic acids is 1. The van der Waals surface area contributed by atoms with E-state index in [-0.39, 0.29) is 12.6 Å². The molecule has 7 nitrogen and oxygen atoms in total. The van der Waals surface area contributed by atoms with Gasteiger partial charge in [-0.3, -0.25) is 4.79 Å². The highest BCUT2D eigenvalue weighted by atomic mass is 32.2. The van der Waals surface area contributed by atoms with E-state index in [2.05, 4.69) is 9.44 Å². The van der Waals surface area contributed by atoms with Gasteiger partial charge in [0.2, 0.25) is 0 Å². The lowest BCUT2D eigenvalue weighted by molar-refractivity contribution is -0.138. The van der Waals surface area contributed by atoms with E-state index in [0.29, 0.717) is 6.42 Å². The lowest BCUT2D eigenvalue weighted by Crippen LogP contribution is -2.47. The number of carboxylic acids is 1. The summed E-state index contributed by atoms with van der Waals surface area (Å²) in [5.41, 5.74) is 7.39. The summed E-state index contributed by atoms with van der Waals surface area (Å²) >= 11 is 0. The summed E-state index contributed by atoms with van der Waals surface area (Å²) in [6.45, 7) is -0.348. The van der Waals surface area contributed by atoms with Crippen LogP contribution in [0.5, 0.6) is 0 Å². The van der Waals surface area contributed by atoms with Crippen molar-refractivity contribution in [3.05, 3.63) is 35.4 Å². The number of rotatable bonds is 6. The first-order valence-electron chi connectivity index (χ1n) is 6.72. The Balaban J connectivity index is 2.03. The van der Waals surface area contributed by atoms with Crippen LogP contribution in [0.1, 0.15) is 30.0 Å². The molecule has 1 aliphatic rings. The molecule has 1 aliphatic carbocycles. The Kier molecular flexibility index (Phi) is 4.94. The number of hydrogen-bond acceptors (Lipinski definition) is 4. The van der Waals surface area contributed by atoms with Crippen molar-refractivity contribution in [1.82, 2.24) is 9.44 Å². The average Bonchev–Trinajstić information content (AvgIpc) is 2.45. The minimum atomic E-state index is -3.80. The summed E-state index contributed by atoms with van der Waals surface area (Å²) in [7, 11) is -3.80. The lowest BCUT2D eigenvalue weighted by atomic mass is 9.88. The number of carboxylic acid groups (broad SMARTS) is 1. The van der Waals surface area contributed by atoms with Crippen LogP contribution in [0.3, 0.4) is 0 Å². The Hall–Kier alpha value is -1.48. The van der Waals surface area contributed by atoms with Gasteiger partial charge in [-0.05, 0) is 30.4 Å². The Bertz CT molecular complexity index is 618. The molecule has 0 aliphatic heterocycles. The average molecular weight is 313 g/mol. The Morgan fingerprint density at radius 1 is 1.43 bits per heavy atom. The topological polar surface area (TPSA) is 122 Å². The van der Waals surface area contributed by atoms with Gasteiger partial charge in [0.1, 0.15) is 6.04 Å². The molecule has 2 rings (SSSR count). The first kappa shape index (κ1) is 15.9. The zero-order valence-electron chi connectivity index (χ0n) is 11.5. The molecule has 0 saturated carbocycles. The minimum absolute atomic E-state index is 0.298. The molecule has 0 heterocycles. The number of fused-ring (bicyclic) bond motifs is 1. The Morgan fingerprint density at radius 3 is 2.86 bits per heavy atom. The summed E-state index contributed by atoms with van der Waals surface area (Å²) in [5, 5.41) is 8.65. The maximum atomic E-state index is 12.0. The molecule has 21 heavy (non-hydrogen) atoms. The standard InChI is InChI=1S/C13H19N3O4S/c14-11(13(17)18)8-15-21(19,20)16-12-7-3-5-9-4-1-2-6-10(9)12/h1-2,4,6,11-12,15-16H,3,5,7-8,14H2,(H,17,18)/t11-,12?/m0/s1. The van der Waals surface area contributed by atoms with Crippen LogP contribution in [0.15, 0.2) is 24.3 Å². The summed E-state index contributed by atoms with van der Waals surface area (Å²) in [6, 6.07) is 6.14. The SMILES string of the molecule is N[C@@H](CNS(=O)(=O)NC1CCCc2ccccc21)C(=O)O. The van der Waals surface area contributed by atoms with Crippen molar-refractivity contribution >= 4 is 16.2 Å². The van der Waals surface area contributed by atoms with E-state index < -0.39 is 22.2 Å². The van der Waals surface area contributed by atoms with Gasteiger partial charge in [0.25, 0.3) is 10.2 Å². The highest BCUT2D eigenvalue weighted by molar-refractivity contribution is 7.87. The van der Waals surface area contributed by atoms with Gasteiger partial charge in [-0.2, -0.15) is 13.1 Å². The van der Waals surface area contributed by atoms with Gasteiger partial charge in [0.15, 0.2) is 0 Å². The molecule has 0 bridgehead atoms. The number of carbonyl (C=O) groups is 1. The van der Waals surface area contributed by atoms with Crippen molar-refractivity contribution in [3.63, 3.8) is 0 Å². The number of hydrogen-bond donors (Lipinski definition) is 4. The van der Waals surface area contributed by atoms with Crippen molar-refractivity contribution in [2.45, 2.75) is 31.3 Å². The second kappa shape index (κ2) is 6.52. The van der Waals surface area contributed by atoms with E-state index in [4.69, 9.17) is 10.8 Å². The third kappa shape index (κ3) is 4.24. The molecule has 0 aromatic heterocycles. The molecule has 0 radical (unpaired) electrons. The summed E-state index contributed by atoms with van der Waals surface area (Å²) in [5.74, 6) is -1.25. The first-order valence-corrected chi connectivity index (χ1v) is 8.20. The van der Waals surface area contributed by atoms with Crippen molar-refractivity contribution in [2.75, 3.05) is 6.54 Å². The van der Waals surface area contributed by atoms with Gasteiger partial charge in [-0.15, -0.1) is 0 Å². The van der Waals surface area contributed by atoms with Crippen molar-refractivity contribution < 1.29 is 18.3 Å². The molecule has 1 unspecified atom stereocenters. The maximum absolute atomic E-state index is 12.0. The largest absolute Gasteiger partial charge is 0.480 e. The van der Waals surface area contributed by atoms with Crippen LogP contribution in [0.25, 0.3) is 0 Å². The molecular weight excluding hydrogens is 294 g/mol. The number of benzene rings is 1. The number of nitrogens with two attached hydrogens (primary N) is 1. The zero-order valence-corrected chi connectivity index (χ0v) is 12.3. The molecule has 5 N–H and O–H groups in total. The van der Waals surface area contributed by atoms with Gasteiger partial charge in [-0.1, -0.05) is 24.3 Å². The predicted octanol–water partition coefficient (Wildman–Crippen LogP) is -0.100. The van der Waals surface area contributed by atoms with Gasteiger partial charge in [0, 0.05) is 12.6 Å². The second-order valence-electron chi connectivity index (χ2n) is 5.06. The van der Waals surface area contributed by atoms with E-state index in [1.54, 1.807) is 0 Å². The molecule has 1 aromatic rings. The van der Waals surface area contributed by atoms with Crippen LogP contribution in [-0.2, 0) is 21.4 Å². The molecule has 116 valence electrons. The van der Waals surface area contributed by atoms with E-state index in [1.165, 1.54) is 0 Å². The fourth-order valence-corrected chi connectivity index (χ4v) is 3.49. The van der Waals surface area contributed by atoms with Crippen molar-refractivity contribution in [2.24, 2.45) is 5.73 Å². The van der Waals surface area contributed by atoms with E-state index in [0.717, 1.165) is 24.0 Å². The molecule has 0 fully saturated rings. The quantitative estimate of drug-likeness (QED) is 0.584. The van der Waals surface area contributed by atoms with Gasteiger partial charge in [0.05, 0.1) is 0 Å². The van der Waals surface area contributed by atoms with E-state index in [1.807, 2.05) is 24.3 Å². The molecule has 8 heteroatoms. The smallest absolute Gasteiger partial charge is 0.321 e. The highest BCUT2D eigenvalue weighted by Gasteiger charge is 2.25. The maximum Gasteiger partial charge on any atom is 0.321 e. The van der Waals surface area contributed by atoms with Crippen LogP contribution in [0.4, 0.5) is 0 Å². The van der Waals surface area contributed by atoms with E-state index >= 15 is 0 Å². The van der Waals surface area contributed by atoms with Crippen LogP contribution in [0, 0.1) is 0 Å². The van der Waals surface area contributed by atoms with E-state index in [9.17, 15) is 13.2 Å². The minimum Gasteiger partial charge on any atom is -0.480 e. The molecule has 0 spiro atoms. The van der Waals surface area contributed by atoms with Crippen molar-refractivity contribution in [1.29, 1.82) is 0 Å². The molecule has 2 atom stereocenters. The summed E-state index contributed by atoms with van der Waals surface area (Å²) in [4.78, 5) is 10.6. The molecule has 1 aromatic carbocycles. The predicted molar refractivity (Wildman–Crippen MR) is 77.8 cm³/mol. The Labute approximate surface area is 123 Å². The molecular formula is C13H19N3O4S. The van der Waals surface area contributed by atoms with Crippen molar-refractivity contribution in [3.8, 4) is 0 Å². The van der Waals surface area contributed by atoms with Crippen LogP contribution in [0.2, 0.25) is 0 Å². The van der Waals surface area contributed by atoms with Gasteiger partial charge < -0.3 is 10.8 Å². The van der Waals surface area contributed by atoms with Crippen LogP contribution >= 0.6 is 0 Å².